The molecule has 1 amide bonds. The maximum atomic E-state index is 12.8. The molecule has 2 rings (SSSR count). The Kier molecular flexibility index (Phi) is 7.04. The van der Waals surface area contributed by atoms with Crippen LogP contribution < -0.4 is 4.74 Å². The first kappa shape index (κ1) is 22.1. The lowest BCUT2D eigenvalue weighted by Gasteiger charge is -2.36. The molecule has 9 heteroatoms. The van der Waals surface area contributed by atoms with E-state index in [9.17, 15) is 13.2 Å². The first-order chi connectivity index (χ1) is 13.1. The summed E-state index contributed by atoms with van der Waals surface area (Å²) in [5, 5.41) is 9.16. The number of benzene rings is 1. The van der Waals surface area contributed by atoms with Gasteiger partial charge >= 0.3 is 0 Å². The van der Waals surface area contributed by atoms with E-state index < -0.39 is 15.6 Å². The predicted molar refractivity (Wildman–Crippen MR) is 105 cm³/mol. The van der Waals surface area contributed by atoms with Gasteiger partial charge in [0.05, 0.1) is 24.1 Å². The molecule has 0 spiro atoms. The number of likely N-dealkylation sites (N-methyl/N-ethyl adjacent to an activating group) is 1. The third kappa shape index (κ3) is 5.01. The van der Waals surface area contributed by atoms with Crippen molar-refractivity contribution in [2.45, 2.75) is 31.2 Å². The number of rotatable bonds is 7. The molecular formula is C19H28N4O4S. The van der Waals surface area contributed by atoms with E-state index in [1.54, 1.807) is 45.2 Å². The Labute approximate surface area is 167 Å². The Morgan fingerprint density at radius 1 is 1.21 bits per heavy atom. The Balaban J connectivity index is 1.95. The minimum absolute atomic E-state index is 0.158. The zero-order valence-electron chi connectivity index (χ0n) is 16.9. The number of piperazine rings is 1. The van der Waals surface area contributed by atoms with E-state index in [0.29, 0.717) is 38.5 Å². The summed E-state index contributed by atoms with van der Waals surface area (Å²) in [6, 6.07) is 8.51. The summed E-state index contributed by atoms with van der Waals surface area (Å²) >= 11 is 0. The first-order valence-electron chi connectivity index (χ1n) is 9.25. The second kappa shape index (κ2) is 8.90. The van der Waals surface area contributed by atoms with Crippen molar-refractivity contribution < 1.29 is 17.9 Å². The molecule has 1 aromatic rings. The largest absolute Gasteiger partial charge is 0.494 e. The number of amides is 1. The van der Waals surface area contributed by atoms with Crippen LogP contribution in [0.3, 0.4) is 0 Å². The standard InChI is InChI=1S/C19H28N4O4S/c1-5-27-16-6-8-17(9-7-16)28(25,26)23-12-10-22(11-13-23)14-18(24)21(4)19(2,3)15-20/h6-9H,5,10-14H2,1-4H3. The lowest BCUT2D eigenvalue weighted by Crippen LogP contribution is -2.53. The highest BCUT2D eigenvalue weighted by Gasteiger charge is 2.32. The smallest absolute Gasteiger partial charge is 0.243 e. The minimum atomic E-state index is -3.58. The second-order valence-corrected chi connectivity index (χ2v) is 9.15. The van der Waals surface area contributed by atoms with E-state index in [4.69, 9.17) is 10.00 Å². The minimum Gasteiger partial charge on any atom is -0.494 e. The van der Waals surface area contributed by atoms with Gasteiger partial charge in [-0.1, -0.05) is 0 Å². The average molecular weight is 409 g/mol. The number of ether oxygens (including phenoxy) is 1. The summed E-state index contributed by atoms with van der Waals surface area (Å²) in [5.41, 5.74) is -0.879. The highest BCUT2D eigenvalue weighted by Crippen LogP contribution is 2.21. The molecule has 0 bridgehead atoms. The second-order valence-electron chi connectivity index (χ2n) is 7.21. The number of sulfonamides is 1. The topological polar surface area (TPSA) is 94.0 Å². The molecule has 0 aliphatic carbocycles. The molecule has 0 unspecified atom stereocenters. The lowest BCUT2D eigenvalue weighted by molar-refractivity contribution is -0.134. The molecule has 1 heterocycles. The van der Waals surface area contributed by atoms with Gasteiger partial charge < -0.3 is 9.64 Å². The number of hydrogen-bond donors (Lipinski definition) is 0. The van der Waals surface area contributed by atoms with Crippen molar-refractivity contribution in [3.05, 3.63) is 24.3 Å². The van der Waals surface area contributed by atoms with Gasteiger partial charge in [-0.2, -0.15) is 9.57 Å². The maximum absolute atomic E-state index is 12.8. The third-order valence-corrected chi connectivity index (χ3v) is 6.86. The zero-order chi connectivity index (χ0) is 20.9. The van der Waals surface area contributed by atoms with E-state index in [-0.39, 0.29) is 17.3 Å². The number of nitriles is 1. The zero-order valence-corrected chi connectivity index (χ0v) is 17.7. The molecule has 0 radical (unpaired) electrons. The van der Waals surface area contributed by atoms with Crippen molar-refractivity contribution in [3.8, 4) is 11.8 Å². The molecule has 0 N–H and O–H groups in total. The highest BCUT2D eigenvalue weighted by molar-refractivity contribution is 7.89. The van der Waals surface area contributed by atoms with Crippen LogP contribution in [0.2, 0.25) is 0 Å². The number of nitrogens with zero attached hydrogens (tertiary/aromatic N) is 4. The number of hydrogen-bond acceptors (Lipinski definition) is 6. The molecule has 1 aliphatic rings. The number of carbonyl (C=O) groups is 1. The Morgan fingerprint density at radius 3 is 2.29 bits per heavy atom. The van der Waals surface area contributed by atoms with E-state index in [1.165, 1.54) is 9.21 Å². The van der Waals surface area contributed by atoms with E-state index in [0.717, 1.165) is 0 Å². The van der Waals surface area contributed by atoms with Crippen LogP contribution in [0.5, 0.6) is 5.75 Å². The van der Waals surface area contributed by atoms with Gasteiger partial charge in [-0.05, 0) is 45.0 Å². The molecule has 154 valence electrons. The maximum Gasteiger partial charge on any atom is 0.243 e. The van der Waals surface area contributed by atoms with Crippen molar-refractivity contribution in [1.29, 1.82) is 5.26 Å². The lowest BCUT2D eigenvalue weighted by atomic mass is 10.1. The van der Waals surface area contributed by atoms with Gasteiger partial charge in [0.2, 0.25) is 15.9 Å². The fraction of sp³-hybridized carbons (Fsp3) is 0.579. The molecule has 8 nitrogen and oxygen atoms in total. The summed E-state index contributed by atoms with van der Waals surface area (Å²) in [4.78, 5) is 16.0. The molecule has 0 aromatic heterocycles. The fourth-order valence-electron chi connectivity index (χ4n) is 2.84. The Hall–Kier alpha value is -2.15. The van der Waals surface area contributed by atoms with Crippen LogP contribution in [0.4, 0.5) is 0 Å². The van der Waals surface area contributed by atoms with Crippen LogP contribution in [-0.4, -0.2) is 80.3 Å². The molecule has 0 atom stereocenters. The van der Waals surface area contributed by atoms with Gasteiger partial charge in [0.15, 0.2) is 0 Å². The molecular weight excluding hydrogens is 380 g/mol. The average Bonchev–Trinajstić information content (AvgIpc) is 2.68. The molecule has 1 saturated heterocycles. The van der Waals surface area contributed by atoms with Crippen molar-refractivity contribution in [1.82, 2.24) is 14.1 Å². The third-order valence-electron chi connectivity index (χ3n) is 4.95. The predicted octanol–water partition coefficient (Wildman–Crippen LogP) is 1.15. The molecule has 1 aliphatic heterocycles. The van der Waals surface area contributed by atoms with Crippen LogP contribution in [-0.2, 0) is 14.8 Å². The van der Waals surface area contributed by atoms with Gasteiger partial charge in [0.25, 0.3) is 0 Å². The van der Waals surface area contributed by atoms with Crippen LogP contribution in [0.1, 0.15) is 20.8 Å². The quantitative estimate of drug-likeness (QED) is 0.672. The summed E-state index contributed by atoms with van der Waals surface area (Å²) < 4.78 is 32.4. The van der Waals surface area contributed by atoms with Gasteiger partial charge in [-0.3, -0.25) is 9.69 Å². The highest BCUT2D eigenvalue weighted by atomic mass is 32.2. The molecule has 28 heavy (non-hydrogen) atoms. The van der Waals surface area contributed by atoms with Gasteiger partial charge in [-0.15, -0.1) is 0 Å². The summed E-state index contributed by atoms with van der Waals surface area (Å²) in [7, 11) is -1.97. The van der Waals surface area contributed by atoms with Crippen LogP contribution in [0.15, 0.2) is 29.2 Å². The molecule has 1 fully saturated rings. The van der Waals surface area contributed by atoms with Crippen LogP contribution >= 0.6 is 0 Å². The summed E-state index contributed by atoms with van der Waals surface area (Å²) in [6.45, 7) is 7.48. The Morgan fingerprint density at radius 2 is 1.79 bits per heavy atom. The van der Waals surface area contributed by atoms with Crippen molar-refractivity contribution in [3.63, 3.8) is 0 Å². The van der Waals surface area contributed by atoms with Crippen LogP contribution in [0.25, 0.3) is 0 Å². The summed E-state index contributed by atoms with van der Waals surface area (Å²) in [5.74, 6) is 0.476. The van der Waals surface area contributed by atoms with Gasteiger partial charge in [-0.25, -0.2) is 8.42 Å². The van der Waals surface area contributed by atoms with E-state index in [1.807, 2.05) is 11.8 Å². The molecule has 1 aromatic carbocycles. The SMILES string of the molecule is CCOc1ccc(S(=O)(=O)N2CCN(CC(=O)N(C)C(C)(C)C#N)CC2)cc1. The fourth-order valence-corrected chi connectivity index (χ4v) is 4.26. The molecule has 0 saturated carbocycles. The summed E-state index contributed by atoms with van der Waals surface area (Å²) in [6.07, 6.45) is 0. The van der Waals surface area contributed by atoms with Gasteiger partial charge in [0, 0.05) is 33.2 Å². The Bertz CT molecular complexity index is 822. The van der Waals surface area contributed by atoms with Gasteiger partial charge in [0.1, 0.15) is 11.3 Å². The number of carbonyl (C=O) groups excluding carboxylic acids is 1. The van der Waals surface area contributed by atoms with Crippen molar-refractivity contribution >= 4 is 15.9 Å². The van der Waals surface area contributed by atoms with Crippen molar-refractivity contribution in [2.24, 2.45) is 0 Å². The van der Waals surface area contributed by atoms with Crippen molar-refractivity contribution in [2.75, 3.05) is 46.4 Å². The van der Waals surface area contributed by atoms with E-state index >= 15 is 0 Å². The first-order valence-corrected chi connectivity index (χ1v) is 10.7. The van der Waals surface area contributed by atoms with Crippen LogP contribution in [0, 0.1) is 11.3 Å². The monoisotopic (exact) mass is 408 g/mol. The van der Waals surface area contributed by atoms with E-state index in [2.05, 4.69) is 6.07 Å². The normalized spacial score (nSPS) is 16.4.